The van der Waals surface area contributed by atoms with Gasteiger partial charge in [-0.25, -0.2) is 0 Å². The third-order valence-electron chi connectivity index (χ3n) is 2.92. The standard InChI is InChI=1S/C15H13N3O/c16-9-11-6-8-17-10-15(11)19-14-5-1-4-13-12(14)3-2-7-18-13/h1-8,10H,9,16H2. The number of pyridine rings is 2. The molecule has 0 saturated carbocycles. The highest BCUT2D eigenvalue weighted by atomic mass is 16.5. The number of rotatable bonds is 3. The maximum atomic E-state index is 5.93. The molecule has 0 amide bonds. The molecule has 0 saturated heterocycles. The summed E-state index contributed by atoms with van der Waals surface area (Å²) >= 11 is 0. The number of aromatic nitrogens is 2. The first kappa shape index (κ1) is 11.6. The monoisotopic (exact) mass is 251 g/mol. The Balaban J connectivity index is 2.06. The molecule has 0 aliphatic carbocycles. The molecule has 2 heterocycles. The van der Waals surface area contributed by atoms with E-state index in [1.807, 2.05) is 36.4 Å². The molecule has 3 aromatic rings. The molecule has 19 heavy (non-hydrogen) atoms. The van der Waals surface area contributed by atoms with Gasteiger partial charge < -0.3 is 10.5 Å². The second-order valence-electron chi connectivity index (χ2n) is 4.12. The average molecular weight is 251 g/mol. The first-order valence-electron chi connectivity index (χ1n) is 6.03. The van der Waals surface area contributed by atoms with Crippen molar-refractivity contribution < 1.29 is 4.74 Å². The summed E-state index contributed by atoms with van der Waals surface area (Å²) in [6.07, 6.45) is 5.15. The van der Waals surface area contributed by atoms with Crippen LogP contribution in [-0.4, -0.2) is 9.97 Å². The van der Waals surface area contributed by atoms with Gasteiger partial charge in [0.2, 0.25) is 0 Å². The van der Waals surface area contributed by atoms with E-state index in [2.05, 4.69) is 9.97 Å². The number of hydrogen-bond donors (Lipinski definition) is 1. The van der Waals surface area contributed by atoms with E-state index in [0.29, 0.717) is 12.3 Å². The summed E-state index contributed by atoms with van der Waals surface area (Å²) in [5.74, 6) is 1.44. The fourth-order valence-corrected chi connectivity index (χ4v) is 1.95. The molecule has 0 radical (unpaired) electrons. The Morgan fingerprint density at radius 2 is 1.95 bits per heavy atom. The Kier molecular flexibility index (Phi) is 3.08. The SMILES string of the molecule is NCc1ccncc1Oc1cccc2ncccc12. The predicted molar refractivity (Wildman–Crippen MR) is 73.9 cm³/mol. The minimum absolute atomic E-state index is 0.418. The molecule has 0 fully saturated rings. The van der Waals surface area contributed by atoms with Crippen LogP contribution in [0.1, 0.15) is 5.56 Å². The van der Waals surface area contributed by atoms with Crippen LogP contribution in [0.15, 0.2) is 55.0 Å². The Labute approximate surface area is 110 Å². The topological polar surface area (TPSA) is 61.0 Å². The van der Waals surface area contributed by atoms with Crippen molar-refractivity contribution >= 4 is 10.9 Å². The fourth-order valence-electron chi connectivity index (χ4n) is 1.95. The second-order valence-corrected chi connectivity index (χ2v) is 4.12. The lowest BCUT2D eigenvalue weighted by molar-refractivity contribution is 0.479. The van der Waals surface area contributed by atoms with Gasteiger partial charge in [-0.15, -0.1) is 0 Å². The molecule has 0 aliphatic heterocycles. The zero-order valence-electron chi connectivity index (χ0n) is 10.3. The molecule has 4 heteroatoms. The second kappa shape index (κ2) is 5.04. The molecule has 0 bridgehead atoms. The molecule has 0 aliphatic rings. The van der Waals surface area contributed by atoms with Crippen LogP contribution in [0.5, 0.6) is 11.5 Å². The van der Waals surface area contributed by atoms with Crippen LogP contribution in [0.2, 0.25) is 0 Å². The lowest BCUT2D eigenvalue weighted by Gasteiger charge is -2.11. The molecule has 0 spiro atoms. The molecular formula is C15H13N3O. The third-order valence-corrected chi connectivity index (χ3v) is 2.92. The number of fused-ring (bicyclic) bond motifs is 1. The summed E-state index contributed by atoms with van der Waals surface area (Å²) in [6, 6.07) is 11.5. The highest BCUT2D eigenvalue weighted by Crippen LogP contribution is 2.30. The Morgan fingerprint density at radius 1 is 1.00 bits per heavy atom. The Morgan fingerprint density at radius 3 is 2.84 bits per heavy atom. The van der Waals surface area contributed by atoms with Crippen LogP contribution < -0.4 is 10.5 Å². The van der Waals surface area contributed by atoms with Crippen molar-refractivity contribution in [2.45, 2.75) is 6.54 Å². The summed E-state index contributed by atoms with van der Waals surface area (Å²) in [5.41, 5.74) is 7.52. The van der Waals surface area contributed by atoms with E-state index in [0.717, 1.165) is 22.2 Å². The molecule has 1 aromatic carbocycles. The number of hydrogen-bond acceptors (Lipinski definition) is 4. The lowest BCUT2D eigenvalue weighted by Crippen LogP contribution is -2.00. The maximum Gasteiger partial charge on any atom is 0.150 e. The van der Waals surface area contributed by atoms with E-state index >= 15 is 0 Å². The molecule has 2 N–H and O–H groups in total. The van der Waals surface area contributed by atoms with E-state index in [4.69, 9.17) is 10.5 Å². The first-order valence-corrected chi connectivity index (χ1v) is 6.03. The molecule has 94 valence electrons. The number of nitrogens with zero attached hydrogens (tertiary/aromatic N) is 2. The van der Waals surface area contributed by atoms with Gasteiger partial charge in [0.1, 0.15) is 11.5 Å². The number of nitrogens with two attached hydrogens (primary N) is 1. The van der Waals surface area contributed by atoms with Gasteiger partial charge in [0, 0.05) is 29.9 Å². The van der Waals surface area contributed by atoms with E-state index in [-0.39, 0.29) is 0 Å². The summed E-state index contributed by atoms with van der Waals surface area (Å²) in [4.78, 5) is 8.38. The van der Waals surface area contributed by atoms with E-state index in [1.165, 1.54) is 0 Å². The van der Waals surface area contributed by atoms with Crippen molar-refractivity contribution in [3.63, 3.8) is 0 Å². The molecular weight excluding hydrogens is 238 g/mol. The minimum atomic E-state index is 0.418. The van der Waals surface area contributed by atoms with Crippen LogP contribution in [0.25, 0.3) is 10.9 Å². The van der Waals surface area contributed by atoms with E-state index in [1.54, 1.807) is 18.6 Å². The minimum Gasteiger partial charge on any atom is -0.455 e. The van der Waals surface area contributed by atoms with Crippen molar-refractivity contribution in [1.82, 2.24) is 9.97 Å². The quantitative estimate of drug-likeness (QED) is 0.777. The van der Waals surface area contributed by atoms with Gasteiger partial charge in [0.15, 0.2) is 0 Å². The smallest absolute Gasteiger partial charge is 0.150 e. The first-order chi connectivity index (χ1) is 9.38. The maximum absolute atomic E-state index is 5.93. The van der Waals surface area contributed by atoms with Gasteiger partial charge in [0.05, 0.1) is 11.7 Å². The summed E-state index contributed by atoms with van der Waals surface area (Å²) < 4.78 is 5.93. The van der Waals surface area contributed by atoms with Crippen LogP contribution in [0.4, 0.5) is 0 Å². The van der Waals surface area contributed by atoms with Crippen LogP contribution in [0, 0.1) is 0 Å². The normalized spacial score (nSPS) is 10.6. The molecule has 0 unspecified atom stereocenters. The van der Waals surface area contributed by atoms with Crippen LogP contribution in [0.3, 0.4) is 0 Å². The third kappa shape index (κ3) is 2.26. The lowest BCUT2D eigenvalue weighted by atomic mass is 10.2. The van der Waals surface area contributed by atoms with E-state index in [9.17, 15) is 0 Å². The van der Waals surface area contributed by atoms with E-state index < -0.39 is 0 Å². The van der Waals surface area contributed by atoms with Crippen molar-refractivity contribution in [2.24, 2.45) is 5.73 Å². The fraction of sp³-hybridized carbons (Fsp3) is 0.0667. The van der Waals surface area contributed by atoms with Gasteiger partial charge in [0.25, 0.3) is 0 Å². The van der Waals surface area contributed by atoms with Gasteiger partial charge >= 0.3 is 0 Å². The van der Waals surface area contributed by atoms with Crippen LogP contribution >= 0.6 is 0 Å². The average Bonchev–Trinajstić information content (AvgIpc) is 2.48. The van der Waals surface area contributed by atoms with Crippen molar-refractivity contribution in [1.29, 1.82) is 0 Å². The van der Waals surface area contributed by atoms with Crippen molar-refractivity contribution in [3.8, 4) is 11.5 Å². The Bertz CT molecular complexity index is 707. The highest BCUT2D eigenvalue weighted by molar-refractivity contribution is 5.85. The molecule has 2 aromatic heterocycles. The van der Waals surface area contributed by atoms with Gasteiger partial charge in [-0.05, 0) is 30.3 Å². The zero-order chi connectivity index (χ0) is 13.1. The van der Waals surface area contributed by atoms with Gasteiger partial charge in [-0.2, -0.15) is 0 Å². The highest BCUT2D eigenvalue weighted by Gasteiger charge is 2.06. The molecule has 3 rings (SSSR count). The largest absolute Gasteiger partial charge is 0.455 e. The zero-order valence-corrected chi connectivity index (χ0v) is 10.3. The number of ether oxygens (including phenoxy) is 1. The number of benzene rings is 1. The van der Waals surface area contributed by atoms with Gasteiger partial charge in [-0.1, -0.05) is 6.07 Å². The van der Waals surface area contributed by atoms with Crippen molar-refractivity contribution in [2.75, 3.05) is 0 Å². The van der Waals surface area contributed by atoms with Crippen molar-refractivity contribution in [3.05, 3.63) is 60.6 Å². The van der Waals surface area contributed by atoms with Gasteiger partial charge in [-0.3, -0.25) is 9.97 Å². The molecule has 0 atom stereocenters. The summed E-state index contributed by atoms with van der Waals surface area (Å²) in [6.45, 7) is 0.418. The predicted octanol–water partition coefficient (Wildman–Crippen LogP) is 2.88. The summed E-state index contributed by atoms with van der Waals surface area (Å²) in [7, 11) is 0. The summed E-state index contributed by atoms with van der Waals surface area (Å²) in [5, 5.41) is 0.969. The molecule has 4 nitrogen and oxygen atoms in total. The van der Waals surface area contributed by atoms with Crippen LogP contribution in [-0.2, 0) is 6.54 Å². The Hall–Kier alpha value is -2.46.